The van der Waals surface area contributed by atoms with Gasteiger partial charge in [0.25, 0.3) is 0 Å². The molecule has 0 atom stereocenters. The minimum atomic E-state index is 0.414. The Balaban J connectivity index is 2.69. The topological polar surface area (TPSA) is 44.5 Å². The van der Waals surface area contributed by atoms with Crippen molar-refractivity contribution in [2.24, 2.45) is 0 Å². The zero-order valence-corrected chi connectivity index (χ0v) is 12.4. The standard InChI is InChI=1S/C17H21NO2/c1-11(2)13-7-5-6-8-14(13)17-15(18)9-12(19-3)10-16(17)20-4/h5-11H,18H2,1-4H3. The molecule has 0 fully saturated rings. The molecule has 2 aromatic carbocycles. The Kier molecular flexibility index (Phi) is 4.18. The molecule has 0 aliphatic carbocycles. The summed E-state index contributed by atoms with van der Waals surface area (Å²) in [5.74, 6) is 1.84. The Morgan fingerprint density at radius 3 is 2.30 bits per heavy atom. The highest BCUT2D eigenvalue weighted by molar-refractivity contribution is 5.85. The number of nitrogen functional groups attached to an aromatic ring is 1. The molecule has 0 bridgehead atoms. The predicted octanol–water partition coefficient (Wildman–Crippen LogP) is 4.08. The van der Waals surface area contributed by atoms with Crippen molar-refractivity contribution in [1.29, 1.82) is 0 Å². The maximum Gasteiger partial charge on any atom is 0.132 e. The lowest BCUT2D eigenvalue weighted by molar-refractivity contribution is 0.396. The fourth-order valence-corrected chi connectivity index (χ4v) is 2.41. The van der Waals surface area contributed by atoms with Gasteiger partial charge >= 0.3 is 0 Å². The quantitative estimate of drug-likeness (QED) is 0.852. The number of hydrogen-bond acceptors (Lipinski definition) is 3. The third-order valence-electron chi connectivity index (χ3n) is 3.41. The van der Waals surface area contributed by atoms with E-state index in [4.69, 9.17) is 15.2 Å². The molecule has 0 aliphatic heterocycles. The van der Waals surface area contributed by atoms with Crippen LogP contribution in [0, 0.1) is 0 Å². The monoisotopic (exact) mass is 271 g/mol. The summed E-state index contributed by atoms with van der Waals surface area (Å²) >= 11 is 0. The molecule has 2 rings (SSSR count). The minimum Gasteiger partial charge on any atom is -0.497 e. The number of benzene rings is 2. The van der Waals surface area contributed by atoms with Crippen LogP contribution in [0.2, 0.25) is 0 Å². The molecule has 0 spiro atoms. The van der Waals surface area contributed by atoms with E-state index in [1.54, 1.807) is 14.2 Å². The zero-order chi connectivity index (χ0) is 14.7. The fourth-order valence-electron chi connectivity index (χ4n) is 2.41. The Hall–Kier alpha value is -2.16. The van der Waals surface area contributed by atoms with Crippen molar-refractivity contribution < 1.29 is 9.47 Å². The molecule has 20 heavy (non-hydrogen) atoms. The van der Waals surface area contributed by atoms with Gasteiger partial charge in [-0.25, -0.2) is 0 Å². The second kappa shape index (κ2) is 5.87. The van der Waals surface area contributed by atoms with Gasteiger partial charge in [0, 0.05) is 23.4 Å². The molecule has 0 heterocycles. The molecule has 0 saturated carbocycles. The average Bonchev–Trinajstić information content (AvgIpc) is 2.46. The largest absolute Gasteiger partial charge is 0.497 e. The van der Waals surface area contributed by atoms with Crippen molar-refractivity contribution >= 4 is 5.69 Å². The van der Waals surface area contributed by atoms with Gasteiger partial charge < -0.3 is 15.2 Å². The van der Waals surface area contributed by atoms with E-state index in [1.807, 2.05) is 24.3 Å². The first-order valence-electron chi connectivity index (χ1n) is 6.69. The number of ether oxygens (including phenoxy) is 2. The summed E-state index contributed by atoms with van der Waals surface area (Å²) in [4.78, 5) is 0. The third kappa shape index (κ3) is 2.57. The lowest BCUT2D eigenvalue weighted by Crippen LogP contribution is -1.99. The summed E-state index contributed by atoms with van der Waals surface area (Å²) in [7, 11) is 3.27. The maximum atomic E-state index is 6.21. The number of anilines is 1. The highest BCUT2D eigenvalue weighted by Crippen LogP contribution is 2.41. The zero-order valence-electron chi connectivity index (χ0n) is 12.4. The van der Waals surface area contributed by atoms with Crippen molar-refractivity contribution in [1.82, 2.24) is 0 Å². The van der Waals surface area contributed by atoms with Crippen LogP contribution in [0.3, 0.4) is 0 Å². The lowest BCUT2D eigenvalue weighted by atomic mass is 9.91. The molecule has 0 aliphatic rings. The summed E-state index contributed by atoms with van der Waals surface area (Å²) in [6.07, 6.45) is 0. The summed E-state index contributed by atoms with van der Waals surface area (Å²) in [6, 6.07) is 12.0. The van der Waals surface area contributed by atoms with E-state index < -0.39 is 0 Å². The van der Waals surface area contributed by atoms with Crippen LogP contribution in [0.1, 0.15) is 25.3 Å². The molecule has 2 aromatic rings. The van der Waals surface area contributed by atoms with Gasteiger partial charge in [0.1, 0.15) is 11.5 Å². The number of nitrogens with two attached hydrogens (primary N) is 1. The third-order valence-corrected chi connectivity index (χ3v) is 3.41. The second-order valence-electron chi connectivity index (χ2n) is 5.04. The molecule has 0 unspecified atom stereocenters. The van der Waals surface area contributed by atoms with Gasteiger partial charge in [0.05, 0.1) is 14.2 Å². The van der Waals surface area contributed by atoms with Crippen molar-refractivity contribution in [2.45, 2.75) is 19.8 Å². The first-order valence-corrected chi connectivity index (χ1v) is 6.69. The Bertz CT molecular complexity index is 606. The molecule has 0 aromatic heterocycles. The van der Waals surface area contributed by atoms with E-state index >= 15 is 0 Å². The van der Waals surface area contributed by atoms with Crippen LogP contribution in [0.5, 0.6) is 11.5 Å². The van der Waals surface area contributed by atoms with E-state index in [-0.39, 0.29) is 0 Å². The van der Waals surface area contributed by atoms with Gasteiger partial charge in [-0.1, -0.05) is 38.1 Å². The first kappa shape index (κ1) is 14.3. The van der Waals surface area contributed by atoms with Gasteiger partial charge in [-0.15, -0.1) is 0 Å². The van der Waals surface area contributed by atoms with Crippen molar-refractivity contribution in [3.63, 3.8) is 0 Å². The van der Waals surface area contributed by atoms with E-state index in [0.717, 1.165) is 16.9 Å². The lowest BCUT2D eigenvalue weighted by Gasteiger charge is -2.18. The van der Waals surface area contributed by atoms with Crippen molar-refractivity contribution in [2.75, 3.05) is 20.0 Å². The molecule has 3 nitrogen and oxygen atoms in total. The van der Waals surface area contributed by atoms with Crippen LogP contribution in [-0.2, 0) is 0 Å². The summed E-state index contributed by atoms with van der Waals surface area (Å²) in [6.45, 7) is 4.34. The molecule has 106 valence electrons. The Morgan fingerprint density at radius 1 is 1.00 bits per heavy atom. The van der Waals surface area contributed by atoms with Gasteiger partial charge in [-0.2, -0.15) is 0 Å². The van der Waals surface area contributed by atoms with E-state index in [2.05, 4.69) is 26.0 Å². The molecular weight excluding hydrogens is 250 g/mol. The van der Waals surface area contributed by atoms with Crippen LogP contribution >= 0.6 is 0 Å². The molecule has 3 heteroatoms. The summed E-state index contributed by atoms with van der Waals surface area (Å²) < 4.78 is 10.7. The highest BCUT2D eigenvalue weighted by atomic mass is 16.5. The summed E-state index contributed by atoms with van der Waals surface area (Å²) in [5.41, 5.74) is 10.2. The molecule has 0 saturated heterocycles. The van der Waals surface area contributed by atoms with Crippen molar-refractivity contribution in [3.05, 3.63) is 42.0 Å². The van der Waals surface area contributed by atoms with Gasteiger partial charge in [-0.3, -0.25) is 0 Å². The Labute approximate surface area is 120 Å². The van der Waals surface area contributed by atoms with Gasteiger partial charge in [0.15, 0.2) is 0 Å². The molecular formula is C17H21NO2. The SMILES string of the molecule is COc1cc(N)c(-c2ccccc2C(C)C)c(OC)c1. The molecule has 2 N–H and O–H groups in total. The van der Waals surface area contributed by atoms with Crippen molar-refractivity contribution in [3.8, 4) is 22.6 Å². The van der Waals surface area contributed by atoms with E-state index in [1.165, 1.54) is 5.56 Å². The second-order valence-corrected chi connectivity index (χ2v) is 5.04. The summed E-state index contributed by atoms with van der Waals surface area (Å²) in [5, 5.41) is 0. The normalized spacial score (nSPS) is 10.7. The number of hydrogen-bond donors (Lipinski definition) is 1. The first-order chi connectivity index (χ1) is 9.58. The molecule has 0 amide bonds. The van der Waals surface area contributed by atoms with Crippen LogP contribution in [-0.4, -0.2) is 14.2 Å². The van der Waals surface area contributed by atoms with Gasteiger partial charge in [0.2, 0.25) is 0 Å². The average molecular weight is 271 g/mol. The Morgan fingerprint density at radius 2 is 1.70 bits per heavy atom. The van der Waals surface area contributed by atoms with E-state index in [0.29, 0.717) is 17.4 Å². The van der Waals surface area contributed by atoms with Crippen LogP contribution in [0.4, 0.5) is 5.69 Å². The van der Waals surface area contributed by atoms with Gasteiger partial charge in [-0.05, 0) is 17.0 Å². The van der Waals surface area contributed by atoms with E-state index in [9.17, 15) is 0 Å². The maximum absolute atomic E-state index is 6.21. The smallest absolute Gasteiger partial charge is 0.132 e. The van der Waals surface area contributed by atoms with Crippen LogP contribution < -0.4 is 15.2 Å². The number of methoxy groups -OCH3 is 2. The highest BCUT2D eigenvalue weighted by Gasteiger charge is 2.16. The molecule has 0 radical (unpaired) electrons. The van der Waals surface area contributed by atoms with Crippen LogP contribution in [0.25, 0.3) is 11.1 Å². The van der Waals surface area contributed by atoms with Crippen LogP contribution in [0.15, 0.2) is 36.4 Å². The fraction of sp³-hybridized carbons (Fsp3) is 0.294. The minimum absolute atomic E-state index is 0.414. The predicted molar refractivity (Wildman–Crippen MR) is 83.5 cm³/mol. The number of rotatable bonds is 4.